The maximum atomic E-state index is 13.8. The molecule has 2 aromatic carbocycles. The summed E-state index contributed by atoms with van der Waals surface area (Å²) in [5.41, 5.74) is 3.77. The average molecular weight is 561 g/mol. The molecule has 0 saturated carbocycles. The number of carboxylic acid groups (broad SMARTS) is 1. The molecule has 0 spiro atoms. The van der Waals surface area contributed by atoms with Crippen LogP contribution < -0.4 is 0 Å². The largest absolute Gasteiger partial charge is 0.478 e. The summed E-state index contributed by atoms with van der Waals surface area (Å²) in [6, 6.07) is 17.2. The molecule has 0 bridgehead atoms. The number of hydrogen-bond acceptors (Lipinski definition) is 6. The SMILES string of the molecule is CC(C)(C)OC(=O)N1CCCCC(N(Cc2occc2C(=O)O)C(=O)OCC2c3ccccc3-c3ccccc32)C1. The van der Waals surface area contributed by atoms with Crippen molar-refractivity contribution in [2.75, 3.05) is 19.7 Å². The molecular formula is C32H36N2O7. The number of amides is 2. The van der Waals surface area contributed by atoms with Crippen LogP contribution in [0.2, 0.25) is 0 Å². The Morgan fingerprint density at radius 1 is 1.00 bits per heavy atom. The van der Waals surface area contributed by atoms with E-state index in [1.54, 1.807) is 4.90 Å². The highest BCUT2D eigenvalue weighted by molar-refractivity contribution is 5.88. The van der Waals surface area contributed by atoms with E-state index in [9.17, 15) is 19.5 Å². The molecule has 1 aliphatic heterocycles. The summed E-state index contributed by atoms with van der Waals surface area (Å²) in [5, 5.41) is 9.65. The van der Waals surface area contributed by atoms with Crippen molar-refractivity contribution in [1.82, 2.24) is 9.80 Å². The lowest BCUT2D eigenvalue weighted by Gasteiger charge is -2.34. The summed E-state index contributed by atoms with van der Waals surface area (Å²) in [4.78, 5) is 41.7. The summed E-state index contributed by atoms with van der Waals surface area (Å²) in [6.45, 7) is 6.20. The Balaban J connectivity index is 1.39. The Kier molecular flexibility index (Phi) is 8.06. The van der Waals surface area contributed by atoms with Crippen LogP contribution in [0.4, 0.5) is 9.59 Å². The third-order valence-electron chi connectivity index (χ3n) is 7.60. The maximum absolute atomic E-state index is 13.8. The Labute approximate surface area is 239 Å². The zero-order valence-electron chi connectivity index (χ0n) is 23.7. The fourth-order valence-electron chi connectivity index (χ4n) is 5.69. The van der Waals surface area contributed by atoms with Crippen molar-refractivity contribution in [3.05, 3.63) is 83.3 Å². The predicted molar refractivity (Wildman–Crippen MR) is 152 cm³/mol. The van der Waals surface area contributed by atoms with Gasteiger partial charge in [0.05, 0.1) is 18.8 Å². The van der Waals surface area contributed by atoms with Gasteiger partial charge in [-0.25, -0.2) is 14.4 Å². The number of fused-ring (bicyclic) bond motifs is 3. The van der Waals surface area contributed by atoms with E-state index in [4.69, 9.17) is 13.9 Å². The molecule has 3 aromatic rings. The molecule has 9 heteroatoms. The molecule has 1 atom stereocenters. The van der Waals surface area contributed by atoms with Gasteiger partial charge >= 0.3 is 18.2 Å². The highest BCUT2D eigenvalue weighted by atomic mass is 16.6. The monoisotopic (exact) mass is 560 g/mol. The first-order valence-electron chi connectivity index (χ1n) is 14.0. The van der Waals surface area contributed by atoms with Gasteiger partial charge in [0.1, 0.15) is 23.5 Å². The lowest BCUT2D eigenvalue weighted by atomic mass is 9.98. The van der Waals surface area contributed by atoms with E-state index in [2.05, 4.69) is 24.3 Å². The summed E-state index contributed by atoms with van der Waals surface area (Å²) in [6.07, 6.45) is 2.43. The molecular weight excluding hydrogens is 524 g/mol. The van der Waals surface area contributed by atoms with E-state index in [1.807, 2.05) is 45.0 Å². The van der Waals surface area contributed by atoms with Crippen LogP contribution in [0.15, 0.2) is 65.3 Å². The minimum atomic E-state index is -1.14. The fourth-order valence-corrected chi connectivity index (χ4v) is 5.69. The van der Waals surface area contributed by atoms with Gasteiger partial charge in [-0.05, 0) is 68.4 Å². The fraction of sp³-hybridized carbons (Fsp3) is 0.406. The predicted octanol–water partition coefficient (Wildman–Crippen LogP) is 6.52. The van der Waals surface area contributed by atoms with Crippen LogP contribution in [0.1, 0.15) is 73.2 Å². The van der Waals surface area contributed by atoms with E-state index < -0.39 is 29.8 Å². The molecule has 2 amide bonds. The first-order valence-corrected chi connectivity index (χ1v) is 14.0. The number of furan rings is 1. The number of benzene rings is 2. The molecule has 0 radical (unpaired) electrons. The molecule has 1 aromatic heterocycles. The number of aromatic carboxylic acids is 1. The van der Waals surface area contributed by atoms with Crippen LogP contribution in [0.3, 0.4) is 0 Å². The third kappa shape index (κ3) is 6.24. The smallest absolute Gasteiger partial charge is 0.410 e. The quantitative estimate of drug-likeness (QED) is 0.366. The number of carboxylic acids is 1. The van der Waals surface area contributed by atoms with Gasteiger partial charge in [0.15, 0.2) is 0 Å². The second kappa shape index (κ2) is 11.7. The van der Waals surface area contributed by atoms with Crippen LogP contribution in [0.25, 0.3) is 11.1 Å². The van der Waals surface area contributed by atoms with Crippen LogP contribution >= 0.6 is 0 Å². The van der Waals surface area contributed by atoms with Gasteiger partial charge < -0.3 is 23.9 Å². The number of likely N-dealkylation sites (tertiary alicyclic amines) is 1. The molecule has 2 aliphatic rings. The second-order valence-corrected chi connectivity index (χ2v) is 11.6. The number of carbonyl (C=O) groups excluding carboxylic acids is 2. The van der Waals surface area contributed by atoms with E-state index in [-0.39, 0.29) is 36.9 Å². The van der Waals surface area contributed by atoms with Crippen LogP contribution in [0.5, 0.6) is 0 Å². The molecule has 1 saturated heterocycles. The topological polar surface area (TPSA) is 110 Å². The van der Waals surface area contributed by atoms with E-state index >= 15 is 0 Å². The van der Waals surface area contributed by atoms with Crippen molar-refractivity contribution in [2.24, 2.45) is 0 Å². The van der Waals surface area contributed by atoms with Gasteiger partial charge in [0, 0.05) is 19.0 Å². The minimum Gasteiger partial charge on any atom is -0.478 e. The molecule has 216 valence electrons. The Morgan fingerprint density at radius 3 is 2.29 bits per heavy atom. The lowest BCUT2D eigenvalue weighted by molar-refractivity contribution is 0.0184. The maximum Gasteiger partial charge on any atom is 0.410 e. The number of rotatable bonds is 6. The molecule has 5 rings (SSSR count). The summed E-state index contributed by atoms with van der Waals surface area (Å²) in [5.74, 6) is -1.12. The first-order chi connectivity index (χ1) is 19.6. The highest BCUT2D eigenvalue weighted by Gasteiger charge is 2.35. The van der Waals surface area contributed by atoms with Crippen molar-refractivity contribution in [3.8, 4) is 11.1 Å². The van der Waals surface area contributed by atoms with Crippen molar-refractivity contribution in [2.45, 2.75) is 64.1 Å². The molecule has 1 aliphatic carbocycles. The number of carbonyl (C=O) groups is 3. The normalized spacial score (nSPS) is 16.9. The summed E-state index contributed by atoms with van der Waals surface area (Å²) < 4.78 is 17.1. The van der Waals surface area contributed by atoms with Crippen molar-refractivity contribution >= 4 is 18.2 Å². The van der Waals surface area contributed by atoms with Gasteiger partial charge in [0.25, 0.3) is 0 Å². The van der Waals surface area contributed by atoms with Crippen molar-refractivity contribution in [3.63, 3.8) is 0 Å². The van der Waals surface area contributed by atoms with Crippen molar-refractivity contribution in [1.29, 1.82) is 0 Å². The zero-order chi connectivity index (χ0) is 29.1. The van der Waals surface area contributed by atoms with Gasteiger partial charge in [-0.1, -0.05) is 48.5 Å². The Morgan fingerprint density at radius 2 is 1.66 bits per heavy atom. The van der Waals surface area contributed by atoms with Crippen molar-refractivity contribution < 1.29 is 33.4 Å². The molecule has 1 fully saturated rings. The number of hydrogen-bond donors (Lipinski definition) is 1. The van der Waals surface area contributed by atoms with Crippen LogP contribution in [-0.4, -0.2) is 64.4 Å². The molecule has 1 unspecified atom stereocenters. The minimum absolute atomic E-state index is 0.0148. The molecule has 1 N–H and O–H groups in total. The average Bonchev–Trinajstić information content (AvgIpc) is 3.43. The standard InChI is InChI=1S/C32H36N2O7/c1-32(2,3)41-30(37)33-16-9-8-10-21(18-33)34(19-28-26(29(35)36)15-17-39-28)31(38)40-20-27-24-13-6-4-11-22(24)23-12-5-7-14-25(23)27/h4-7,11-15,17,21,27H,8-10,16,18-20H2,1-3H3,(H,35,36). The van der Waals surface area contributed by atoms with Gasteiger partial charge in [-0.2, -0.15) is 0 Å². The molecule has 41 heavy (non-hydrogen) atoms. The Bertz CT molecular complexity index is 1380. The number of nitrogens with zero attached hydrogens (tertiary/aromatic N) is 2. The molecule has 9 nitrogen and oxygen atoms in total. The van der Waals surface area contributed by atoms with Crippen LogP contribution in [0, 0.1) is 0 Å². The summed E-state index contributed by atoms with van der Waals surface area (Å²) in [7, 11) is 0. The van der Waals surface area contributed by atoms with Gasteiger partial charge in [-0.15, -0.1) is 0 Å². The van der Waals surface area contributed by atoms with E-state index in [0.717, 1.165) is 35.1 Å². The third-order valence-corrected chi connectivity index (χ3v) is 7.60. The van der Waals surface area contributed by atoms with Gasteiger partial charge in [0.2, 0.25) is 0 Å². The van der Waals surface area contributed by atoms with Gasteiger partial charge in [-0.3, -0.25) is 4.90 Å². The van der Waals surface area contributed by atoms with E-state index in [1.165, 1.54) is 17.2 Å². The van der Waals surface area contributed by atoms with Crippen LogP contribution in [-0.2, 0) is 16.0 Å². The Hall–Kier alpha value is -4.27. The summed E-state index contributed by atoms with van der Waals surface area (Å²) >= 11 is 0. The lowest BCUT2D eigenvalue weighted by Crippen LogP contribution is -2.48. The van der Waals surface area contributed by atoms with E-state index in [0.29, 0.717) is 13.0 Å². The first kappa shape index (κ1) is 28.3. The zero-order valence-corrected chi connectivity index (χ0v) is 23.7. The highest BCUT2D eigenvalue weighted by Crippen LogP contribution is 2.44. The number of ether oxygens (including phenoxy) is 2. The molecule has 2 heterocycles. The second-order valence-electron chi connectivity index (χ2n) is 11.6.